The van der Waals surface area contributed by atoms with Crippen molar-refractivity contribution < 1.29 is 4.79 Å². The molecule has 0 atom stereocenters. The van der Waals surface area contributed by atoms with E-state index in [1.165, 1.54) is 6.42 Å². The van der Waals surface area contributed by atoms with E-state index >= 15 is 0 Å². The summed E-state index contributed by atoms with van der Waals surface area (Å²) in [6.07, 6.45) is 5.25. The lowest BCUT2D eigenvalue weighted by atomic mass is 9.93. The molecule has 0 spiro atoms. The topological polar surface area (TPSA) is 48.1 Å². The number of carbonyl (C=O) groups excluding carboxylic acids is 1. The highest BCUT2D eigenvalue weighted by Crippen LogP contribution is 2.22. The predicted molar refractivity (Wildman–Crippen MR) is 75.7 cm³/mol. The largest absolute Gasteiger partial charge is 0.356 e. The summed E-state index contributed by atoms with van der Waals surface area (Å²) < 4.78 is 0.926. The van der Waals surface area contributed by atoms with Crippen LogP contribution in [0.5, 0.6) is 0 Å². The maximum Gasteiger partial charge on any atom is 0.270 e. The van der Waals surface area contributed by atoms with Crippen molar-refractivity contribution in [1.29, 1.82) is 0 Å². The van der Waals surface area contributed by atoms with Gasteiger partial charge in [0.25, 0.3) is 5.91 Å². The highest BCUT2D eigenvalue weighted by Gasteiger charge is 2.23. The van der Waals surface area contributed by atoms with Crippen molar-refractivity contribution in [3.63, 3.8) is 0 Å². The zero-order valence-corrected chi connectivity index (χ0v) is 12.3. The number of H-pyrrole nitrogens is 1. The number of hydrogen-bond donors (Lipinski definition) is 2. The number of nitrogens with zero attached hydrogens (tertiary/aromatic N) is 1. The summed E-state index contributed by atoms with van der Waals surface area (Å²) in [6.45, 7) is 2.83. The van der Waals surface area contributed by atoms with Gasteiger partial charge in [0.15, 0.2) is 0 Å². The van der Waals surface area contributed by atoms with E-state index in [4.69, 9.17) is 0 Å². The van der Waals surface area contributed by atoms with Crippen LogP contribution < -0.4 is 5.32 Å². The smallest absolute Gasteiger partial charge is 0.270 e. The van der Waals surface area contributed by atoms with E-state index < -0.39 is 0 Å². The molecule has 1 aromatic heterocycles. The van der Waals surface area contributed by atoms with Crippen LogP contribution in [0.25, 0.3) is 0 Å². The minimum Gasteiger partial charge on any atom is -0.356 e. The molecular weight excluding hydrogens is 294 g/mol. The van der Waals surface area contributed by atoms with Gasteiger partial charge in [0, 0.05) is 23.8 Å². The summed E-state index contributed by atoms with van der Waals surface area (Å²) in [5.74, 6) is 0.879. The van der Waals surface area contributed by atoms with Gasteiger partial charge in [-0.05, 0) is 60.8 Å². The van der Waals surface area contributed by atoms with Gasteiger partial charge >= 0.3 is 0 Å². The first-order valence-electron chi connectivity index (χ1n) is 6.48. The average molecular weight is 314 g/mol. The fourth-order valence-corrected chi connectivity index (χ4v) is 2.78. The monoisotopic (exact) mass is 313 g/mol. The van der Waals surface area contributed by atoms with Crippen LogP contribution in [-0.4, -0.2) is 42.5 Å². The number of likely N-dealkylation sites (tertiary alicyclic amines) is 1. The van der Waals surface area contributed by atoms with Crippen molar-refractivity contribution in [2.75, 3.05) is 26.7 Å². The molecule has 2 heterocycles. The molecule has 1 aliphatic rings. The summed E-state index contributed by atoms with van der Waals surface area (Å²) in [5.41, 5.74) is 0.676. The van der Waals surface area contributed by atoms with Crippen molar-refractivity contribution in [3.05, 3.63) is 22.4 Å². The fourth-order valence-electron chi connectivity index (χ4n) is 2.43. The van der Waals surface area contributed by atoms with Crippen LogP contribution in [0, 0.1) is 5.92 Å². The molecule has 0 aliphatic carbocycles. The number of piperidine rings is 1. The summed E-state index contributed by atoms with van der Waals surface area (Å²) in [4.78, 5) is 17.1. The Bertz CT molecular complexity index is 397. The van der Waals surface area contributed by atoms with Crippen LogP contribution >= 0.6 is 15.9 Å². The predicted octanol–water partition coefficient (Wildman–Crippen LogP) is 2.24. The number of hydrogen-bond acceptors (Lipinski definition) is 2. The molecule has 1 aromatic rings. The molecule has 0 unspecified atom stereocenters. The van der Waals surface area contributed by atoms with Gasteiger partial charge in [0.1, 0.15) is 5.69 Å². The van der Waals surface area contributed by atoms with Gasteiger partial charge in [-0.1, -0.05) is 0 Å². The van der Waals surface area contributed by atoms with Crippen molar-refractivity contribution in [1.82, 2.24) is 15.2 Å². The number of aromatic amines is 1. The molecule has 0 aromatic carbocycles. The molecule has 1 aliphatic heterocycles. The molecule has 5 heteroatoms. The second-order valence-corrected chi connectivity index (χ2v) is 5.78. The molecule has 1 fully saturated rings. The number of carbonyl (C=O) groups is 1. The Hall–Kier alpha value is -0.810. The normalized spacial score (nSPS) is 17.1. The van der Waals surface area contributed by atoms with Crippen LogP contribution in [0.2, 0.25) is 0 Å². The minimum atomic E-state index is 0.118. The first kappa shape index (κ1) is 13.6. The Morgan fingerprint density at radius 3 is 2.83 bits per heavy atom. The molecule has 1 saturated heterocycles. The van der Waals surface area contributed by atoms with Crippen LogP contribution in [0.1, 0.15) is 29.8 Å². The second kappa shape index (κ2) is 6.38. The minimum absolute atomic E-state index is 0.118. The van der Waals surface area contributed by atoms with Gasteiger partial charge in [0.05, 0.1) is 0 Å². The van der Waals surface area contributed by atoms with Gasteiger partial charge in [-0.3, -0.25) is 4.79 Å². The lowest BCUT2D eigenvalue weighted by Gasteiger charge is -2.31. The first-order valence-corrected chi connectivity index (χ1v) is 7.28. The number of rotatable bonds is 4. The highest BCUT2D eigenvalue weighted by molar-refractivity contribution is 9.10. The third-order valence-corrected chi connectivity index (χ3v) is 4.04. The number of amides is 1. The molecule has 4 nitrogen and oxygen atoms in total. The molecule has 2 N–H and O–H groups in total. The standard InChI is InChI=1S/C13H20BrN3O/c1-15-5-2-10-3-6-17(7-4-10)13(18)12-8-11(14)9-16-12/h8-10,15-16H,2-7H2,1H3. The number of aromatic nitrogens is 1. The van der Waals surface area contributed by atoms with E-state index in [1.807, 2.05) is 18.0 Å². The zero-order chi connectivity index (χ0) is 13.0. The van der Waals surface area contributed by atoms with Crippen molar-refractivity contribution >= 4 is 21.8 Å². The van der Waals surface area contributed by atoms with Gasteiger partial charge in [-0.25, -0.2) is 0 Å². The van der Waals surface area contributed by atoms with Gasteiger partial charge in [-0.15, -0.1) is 0 Å². The van der Waals surface area contributed by atoms with Crippen LogP contribution in [0.15, 0.2) is 16.7 Å². The summed E-state index contributed by atoms with van der Waals surface area (Å²) in [5, 5.41) is 3.19. The molecule has 0 saturated carbocycles. The maximum atomic E-state index is 12.2. The SMILES string of the molecule is CNCCC1CCN(C(=O)c2cc(Br)c[nH]2)CC1. The quantitative estimate of drug-likeness (QED) is 0.895. The summed E-state index contributed by atoms with van der Waals surface area (Å²) in [6, 6.07) is 1.84. The molecule has 1 amide bonds. The van der Waals surface area contributed by atoms with E-state index in [1.54, 1.807) is 6.20 Å². The summed E-state index contributed by atoms with van der Waals surface area (Å²) >= 11 is 3.35. The van der Waals surface area contributed by atoms with Crippen LogP contribution in [0.4, 0.5) is 0 Å². The van der Waals surface area contributed by atoms with E-state index in [0.29, 0.717) is 5.69 Å². The highest BCUT2D eigenvalue weighted by atomic mass is 79.9. The molecule has 18 heavy (non-hydrogen) atoms. The van der Waals surface area contributed by atoms with Crippen molar-refractivity contribution in [3.8, 4) is 0 Å². The first-order chi connectivity index (χ1) is 8.70. The molecule has 2 rings (SSSR count). The zero-order valence-electron chi connectivity index (χ0n) is 10.7. The van der Waals surface area contributed by atoms with Crippen molar-refractivity contribution in [2.24, 2.45) is 5.92 Å². The Labute approximate surface area is 116 Å². The Kier molecular flexibility index (Phi) is 4.83. The Morgan fingerprint density at radius 2 is 2.28 bits per heavy atom. The van der Waals surface area contributed by atoms with Crippen LogP contribution in [0.3, 0.4) is 0 Å². The van der Waals surface area contributed by atoms with E-state index in [9.17, 15) is 4.79 Å². The molecular formula is C13H20BrN3O. The lowest BCUT2D eigenvalue weighted by molar-refractivity contribution is 0.0682. The fraction of sp³-hybridized carbons (Fsp3) is 0.615. The van der Waals surface area contributed by atoms with Crippen LogP contribution in [-0.2, 0) is 0 Å². The third-order valence-electron chi connectivity index (χ3n) is 3.58. The maximum absolute atomic E-state index is 12.2. The molecule has 0 radical (unpaired) electrons. The van der Waals surface area contributed by atoms with Gasteiger partial charge in [-0.2, -0.15) is 0 Å². The van der Waals surface area contributed by atoms with E-state index in [0.717, 1.165) is 42.9 Å². The molecule has 0 bridgehead atoms. The lowest BCUT2D eigenvalue weighted by Crippen LogP contribution is -2.39. The van der Waals surface area contributed by atoms with Crippen molar-refractivity contribution in [2.45, 2.75) is 19.3 Å². The Morgan fingerprint density at radius 1 is 1.56 bits per heavy atom. The van der Waals surface area contributed by atoms with Gasteiger partial charge in [0.2, 0.25) is 0 Å². The second-order valence-electron chi connectivity index (χ2n) is 4.86. The number of nitrogens with one attached hydrogen (secondary N) is 2. The average Bonchev–Trinajstić information content (AvgIpc) is 2.83. The van der Waals surface area contributed by atoms with Gasteiger partial charge < -0.3 is 15.2 Å². The third kappa shape index (κ3) is 3.36. The summed E-state index contributed by atoms with van der Waals surface area (Å²) in [7, 11) is 1.99. The number of halogens is 1. The van der Waals surface area contributed by atoms with E-state index in [2.05, 4.69) is 26.2 Å². The Balaban J connectivity index is 1.84. The molecule has 100 valence electrons. The van der Waals surface area contributed by atoms with E-state index in [-0.39, 0.29) is 5.91 Å².